The molecule has 0 radical (unpaired) electrons. The number of rotatable bonds is 6. The van der Waals surface area contributed by atoms with Crippen LogP contribution >= 0.6 is 11.6 Å². The second-order valence-electron chi connectivity index (χ2n) is 7.61. The van der Waals surface area contributed by atoms with Crippen molar-refractivity contribution in [2.24, 2.45) is 0 Å². The van der Waals surface area contributed by atoms with Gasteiger partial charge in [-0.25, -0.2) is 8.42 Å². The average molecular weight is 551 g/mol. The number of sulfonamides is 1. The molecule has 0 heterocycles. The van der Waals surface area contributed by atoms with Gasteiger partial charge >= 0.3 is 12.4 Å². The number of alkyl halides is 6. The molecule has 0 saturated heterocycles. The Morgan fingerprint density at radius 3 is 2.14 bits per heavy atom. The Labute approximate surface area is 207 Å². The Hall–Kier alpha value is -3.25. The van der Waals surface area contributed by atoms with E-state index >= 15 is 0 Å². The van der Waals surface area contributed by atoms with Gasteiger partial charge in [0.05, 0.1) is 26.7 Å². The molecule has 0 aliphatic carbocycles. The van der Waals surface area contributed by atoms with Crippen LogP contribution in [0.4, 0.5) is 37.7 Å². The van der Waals surface area contributed by atoms with Crippen LogP contribution in [0, 0.1) is 6.92 Å². The number of nitrogens with one attached hydrogen (secondary N) is 1. The summed E-state index contributed by atoms with van der Waals surface area (Å²) < 4.78 is 106. The van der Waals surface area contributed by atoms with Crippen molar-refractivity contribution in [3.63, 3.8) is 0 Å². The standard InChI is InChI=1S/C23H17ClF6N2O3S/c1-14-5-8-18(9-6-14)36(34,35)32(17-4-2-3-15(11-17)22(25,26)27)13-21(33)31-16-7-10-20(24)19(12-16)23(28,29)30/h2-12H,13H2,1H3,(H,31,33). The summed E-state index contributed by atoms with van der Waals surface area (Å²) in [4.78, 5) is 12.4. The Bertz CT molecular complexity index is 1370. The zero-order valence-corrected chi connectivity index (χ0v) is 19.9. The Morgan fingerprint density at radius 1 is 0.917 bits per heavy atom. The highest BCUT2D eigenvalue weighted by molar-refractivity contribution is 7.92. The highest BCUT2D eigenvalue weighted by Gasteiger charge is 2.35. The predicted molar refractivity (Wildman–Crippen MR) is 122 cm³/mol. The summed E-state index contributed by atoms with van der Waals surface area (Å²) in [5, 5.41) is 1.52. The fourth-order valence-electron chi connectivity index (χ4n) is 3.14. The minimum absolute atomic E-state index is 0.302. The number of carbonyl (C=O) groups excluding carboxylic acids is 1. The van der Waals surface area contributed by atoms with Gasteiger partial charge in [0, 0.05) is 5.69 Å². The topological polar surface area (TPSA) is 66.5 Å². The van der Waals surface area contributed by atoms with Gasteiger partial charge in [-0.3, -0.25) is 9.10 Å². The Morgan fingerprint density at radius 2 is 1.56 bits per heavy atom. The first kappa shape index (κ1) is 27.3. The molecule has 36 heavy (non-hydrogen) atoms. The number of amides is 1. The first-order valence-electron chi connectivity index (χ1n) is 10.0. The van der Waals surface area contributed by atoms with Gasteiger partial charge in [-0.05, 0) is 55.5 Å². The lowest BCUT2D eigenvalue weighted by Crippen LogP contribution is -2.38. The Balaban J connectivity index is 2.01. The molecule has 0 unspecified atom stereocenters. The third kappa shape index (κ3) is 6.30. The molecule has 1 N–H and O–H groups in total. The first-order valence-corrected chi connectivity index (χ1v) is 11.8. The van der Waals surface area contributed by atoms with E-state index in [4.69, 9.17) is 11.6 Å². The van der Waals surface area contributed by atoms with Crippen LogP contribution in [-0.2, 0) is 27.2 Å². The number of anilines is 2. The number of halogens is 7. The number of nitrogens with zero attached hydrogens (tertiary/aromatic N) is 1. The third-order valence-electron chi connectivity index (χ3n) is 4.91. The van der Waals surface area contributed by atoms with Crippen LogP contribution < -0.4 is 9.62 Å². The van der Waals surface area contributed by atoms with Crippen molar-refractivity contribution in [2.75, 3.05) is 16.2 Å². The molecule has 0 saturated carbocycles. The maximum absolute atomic E-state index is 13.3. The number of hydrogen-bond donors (Lipinski definition) is 1. The van der Waals surface area contributed by atoms with Crippen LogP contribution in [0.15, 0.2) is 71.6 Å². The lowest BCUT2D eigenvalue weighted by Gasteiger charge is -2.25. The lowest BCUT2D eigenvalue weighted by atomic mass is 10.2. The first-order chi connectivity index (χ1) is 16.6. The molecule has 13 heteroatoms. The summed E-state index contributed by atoms with van der Waals surface area (Å²) in [5.41, 5.74) is -2.48. The number of aryl methyl sites for hydroxylation is 1. The van der Waals surface area contributed by atoms with E-state index in [0.29, 0.717) is 22.0 Å². The largest absolute Gasteiger partial charge is 0.417 e. The third-order valence-corrected chi connectivity index (χ3v) is 7.03. The molecule has 0 bridgehead atoms. The molecule has 0 aromatic heterocycles. The zero-order valence-electron chi connectivity index (χ0n) is 18.3. The molecular formula is C23H17ClF6N2O3S. The molecule has 0 atom stereocenters. The van der Waals surface area contributed by atoms with E-state index in [0.717, 1.165) is 30.3 Å². The van der Waals surface area contributed by atoms with Crippen molar-refractivity contribution in [1.82, 2.24) is 0 Å². The minimum atomic E-state index is -4.82. The molecule has 3 aromatic rings. The second kappa shape index (κ2) is 10.0. The molecule has 0 fully saturated rings. The minimum Gasteiger partial charge on any atom is -0.324 e. The summed E-state index contributed by atoms with van der Waals surface area (Å²) in [6.45, 7) is 0.664. The molecule has 192 valence electrons. The van der Waals surface area contributed by atoms with E-state index in [1.807, 2.05) is 0 Å². The van der Waals surface area contributed by atoms with Crippen molar-refractivity contribution in [3.8, 4) is 0 Å². The number of benzene rings is 3. The molecule has 3 aromatic carbocycles. The smallest absolute Gasteiger partial charge is 0.324 e. The van der Waals surface area contributed by atoms with Gasteiger partial charge in [-0.2, -0.15) is 26.3 Å². The molecule has 0 aliphatic rings. The summed E-state index contributed by atoms with van der Waals surface area (Å²) in [7, 11) is -4.55. The van der Waals surface area contributed by atoms with Crippen LogP contribution in [0.2, 0.25) is 5.02 Å². The van der Waals surface area contributed by atoms with E-state index in [2.05, 4.69) is 5.32 Å². The molecular weight excluding hydrogens is 534 g/mol. The highest BCUT2D eigenvalue weighted by Crippen LogP contribution is 2.36. The van der Waals surface area contributed by atoms with Gasteiger partial charge in [0.1, 0.15) is 6.54 Å². The van der Waals surface area contributed by atoms with Gasteiger partial charge < -0.3 is 5.32 Å². The Kier molecular flexibility index (Phi) is 7.61. The summed E-state index contributed by atoms with van der Waals surface area (Å²) in [6.07, 6.45) is -9.62. The van der Waals surface area contributed by atoms with E-state index in [1.165, 1.54) is 24.3 Å². The molecule has 3 rings (SSSR count). The monoisotopic (exact) mass is 550 g/mol. The molecule has 0 aliphatic heterocycles. The summed E-state index contributed by atoms with van der Waals surface area (Å²) in [5.74, 6) is -1.10. The fourth-order valence-corrected chi connectivity index (χ4v) is 4.78. The summed E-state index contributed by atoms with van der Waals surface area (Å²) in [6, 6.07) is 11.2. The van der Waals surface area contributed by atoms with Crippen molar-refractivity contribution < 1.29 is 39.6 Å². The highest BCUT2D eigenvalue weighted by atomic mass is 35.5. The average Bonchev–Trinajstić information content (AvgIpc) is 2.78. The maximum Gasteiger partial charge on any atom is 0.417 e. The molecule has 0 spiro atoms. The predicted octanol–water partition coefficient (Wildman–Crippen LogP) is 6.52. The van der Waals surface area contributed by atoms with Crippen LogP contribution in [-0.4, -0.2) is 20.9 Å². The van der Waals surface area contributed by atoms with Gasteiger partial charge in [-0.1, -0.05) is 35.4 Å². The van der Waals surface area contributed by atoms with Crippen LogP contribution in [0.1, 0.15) is 16.7 Å². The summed E-state index contributed by atoms with van der Waals surface area (Å²) >= 11 is 5.56. The number of carbonyl (C=O) groups is 1. The molecule has 1 amide bonds. The quantitative estimate of drug-likeness (QED) is 0.355. The van der Waals surface area contributed by atoms with Crippen molar-refractivity contribution >= 4 is 38.9 Å². The van der Waals surface area contributed by atoms with Crippen LogP contribution in [0.5, 0.6) is 0 Å². The maximum atomic E-state index is 13.3. The van der Waals surface area contributed by atoms with Gasteiger partial charge in [-0.15, -0.1) is 0 Å². The van der Waals surface area contributed by atoms with E-state index < -0.39 is 56.7 Å². The van der Waals surface area contributed by atoms with Crippen molar-refractivity contribution in [1.29, 1.82) is 0 Å². The molecule has 5 nitrogen and oxygen atoms in total. The van der Waals surface area contributed by atoms with Crippen LogP contribution in [0.25, 0.3) is 0 Å². The normalized spacial score (nSPS) is 12.3. The van der Waals surface area contributed by atoms with E-state index in [-0.39, 0.29) is 10.6 Å². The number of hydrogen-bond acceptors (Lipinski definition) is 3. The van der Waals surface area contributed by atoms with Gasteiger partial charge in [0.25, 0.3) is 10.0 Å². The van der Waals surface area contributed by atoms with Crippen molar-refractivity contribution in [2.45, 2.75) is 24.2 Å². The SMILES string of the molecule is Cc1ccc(S(=O)(=O)N(CC(=O)Nc2ccc(Cl)c(C(F)(F)F)c2)c2cccc(C(F)(F)F)c2)cc1. The lowest BCUT2D eigenvalue weighted by molar-refractivity contribution is -0.138. The van der Waals surface area contributed by atoms with Crippen LogP contribution in [0.3, 0.4) is 0 Å². The van der Waals surface area contributed by atoms with E-state index in [9.17, 15) is 39.6 Å². The second-order valence-corrected chi connectivity index (χ2v) is 9.88. The zero-order chi connectivity index (χ0) is 26.9. The van der Waals surface area contributed by atoms with Gasteiger partial charge in [0.15, 0.2) is 0 Å². The van der Waals surface area contributed by atoms with Gasteiger partial charge in [0.2, 0.25) is 5.91 Å². The van der Waals surface area contributed by atoms with E-state index in [1.54, 1.807) is 6.92 Å². The van der Waals surface area contributed by atoms with Crippen molar-refractivity contribution in [3.05, 3.63) is 88.4 Å². The fraction of sp³-hybridized carbons (Fsp3) is 0.174.